The Labute approximate surface area is 131 Å². The summed E-state index contributed by atoms with van der Waals surface area (Å²) in [5.74, 6) is -1.23. The fraction of sp³-hybridized carbons (Fsp3) is 0.200. The quantitative estimate of drug-likeness (QED) is 0.733. The van der Waals surface area contributed by atoms with Crippen LogP contribution in [0.4, 0.5) is 15.3 Å². The average molecular weight is 317 g/mol. The molecule has 0 spiro atoms. The second-order valence-electron chi connectivity index (χ2n) is 4.80. The first-order valence-electron chi connectivity index (χ1n) is 6.78. The van der Waals surface area contributed by atoms with Gasteiger partial charge in [0.25, 0.3) is 0 Å². The van der Waals surface area contributed by atoms with Crippen molar-refractivity contribution in [2.45, 2.75) is 5.97 Å². The fourth-order valence-electron chi connectivity index (χ4n) is 2.37. The summed E-state index contributed by atoms with van der Waals surface area (Å²) in [6.07, 6.45) is -1.57. The largest absolute Gasteiger partial charge is 0.453 e. The number of amides is 2. The normalized spacial score (nSPS) is 14.2. The van der Waals surface area contributed by atoms with E-state index in [1.54, 1.807) is 6.07 Å². The predicted molar refractivity (Wildman–Crippen MR) is 82.0 cm³/mol. The number of carbonyl (C=O) groups excluding carboxylic acids is 2. The van der Waals surface area contributed by atoms with Crippen molar-refractivity contribution in [1.82, 2.24) is 10.6 Å². The van der Waals surface area contributed by atoms with E-state index in [1.807, 2.05) is 30.3 Å². The zero-order valence-electron chi connectivity index (χ0n) is 12.5. The molecule has 0 unspecified atom stereocenters. The first-order valence-corrected chi connectivity index (χ1v) is 6.78. The van der Waals surface area contributed by atoms with Crippen molar-refractivity contribution in [3.05, 3.63) is 36.4 Å². The molecule has 1 heterocycles. The van der Waals surface area contributed by atoms with Gasteiger partial charge in [-0.2, -0.15) is 0 Å². The third-order valence-electron chi connectivity index (χ3n) is 3.38. The van der Waals surface area contributed by atoms with E-state index in [4.69, 9.17) is 4.74 Å². The molecule has 23 heavy (non-hydrogen) atoms. The number of fused-ring (bicyclic) bond motifs is 3. The predicted octanol–water partition coefficient (Wildman–Crippen LogP) is 1.97. The number of nitrogens with one attached hydrogen (secondary N) is 3. The molecule has 2 amide bonds. The number of benzene rings is 2. The van der Waals surface area contributed by atoms with Gasteiger partial charge in [-0.3, -0.25) is 0 Å². The topological polar surface area (TPSA) is 97.9 Å². The highest BCUT2D eigenvalue weighted by Crippen LogP contribution is 2.40. The Morgan fingerprint density at radius 3 is 2.35 bits per heavy atom. The van der Waals surface area contributed by atoms with Crippen molar-refractivity contribution in [2.75, 3.05) is 19.5 Å². The first-order chi connectivity index (χ1) is 11.1. The SMILES string of the molecule is COC(=O)NC1(NC(=O)OC)Nc2c(ccc3ccccc23)O1. The lowest BCUT2D eigenvalue weighted by Gasteiger charge is -2.28. The van der Waals surface area contributed by atoms with Gasteiger partial charge < -0.3 is 19.5 Å². The zero-order valence-corrected chi connectivity index (χ0v) is 12.5. The summed E-state index contributed by atoms with van der Waals surface area (Å²) < 4.78 is 14.9. The molecule has 120 valence electrons. The summed E-state index contributed by atoms with van der Waals surface area (Å²) in [4.78, 5) is 23.2. The van der Waals surface area contributed by atoms with Gasteiger partial charge in [0.1, 0.15) is 0 Å². The summed E-state index contributed by atoms with van der Waals surface area (Å²) >= 11 is 0. The van der Waals surface area contributed by atoms with E-state index in [0.717, 1.165) is 10.8 Å². The van der Waals surface area contributed by atoms with E-state index >= 15 is 0 Å². The van der Waals surface area contributed by atoms with Crippen LogP contribution < -0.4 is 20.7 Å². The van der Waals surface area contributed by atoms with E-state index in [1.165, 1.54) is 14.2 Å². The van der Waals surface area contributed by atoms with Crippen molar-refractivity contribution < 1.29 is 23.8 Å². The van der Waals surface area contributed by atoms with Gasteiger partial charge in [-0.15, -0.1) is 0 Å². The van der Waals surface area contributed by atoms with Gasteiger partial charge in [-0.25, -0.2) is 20.2 Å². The smallest absolute Gasteiger partial charge is 0.413 e. The van der Waals surface area contributed by atoms with E-state index < -0.39 is 18.2 Å². The molecule has 1 aliphatic rings. The lowest BCUT2D eigenvalue weighted by molar-refractivity contribution is 0.0378. The molecule has 0 radical (unpaired) electrons. The molecule has 8 heteroatoms. The van der Waals surface area contributed by atoms with Gasteiger partial charge in [0.2, 0.25) is 0 Å². The van der Waals surface area contributed by atoms with Crippen molar-refractivity contribution in [1.29, 1.82) is 0 Å². The minimum absolute atomic E-state index is 0.469. The minimum Gasteiger partial charge on any atom is -0.453 e. The van der Waals surface area contributed by atoms with E-state index in [-0.39, 0.29) is 0 Å². The van der Waals surface area contributed by atoms with Gasteiger partial charge in [-0.1, -0.05) is 30.3 Å². The van der Waals surface area contributed by atoms with Gasteiger partial charge in [0, 0.05) is 5.39 Å². The van der Waals surface area contributed by atoms with Gasteiger partial charge in [-0.05, 0) is 11.5 Å². The molecular formula is C15H15N3O5. The molecule has 2 aromatic rings. The summed E-state index contributed by atoms with van der Waals surface area (Å²) in [5, 5.41) is 9.66. The molecule has 1 aliphatic heterocycles. The number of hydrogen-bond acceptors (Lipinski definition) is 6. The van der Waals surface area contributed by atoms with Crippen LogP contribution in [0.1, 0.15) is 0 Å². The highest BCUT2D eigenvalue weighted by atomic mass is 16.6. The second kappa shape index (κ2) is 5.56. The van der Waals surface area contributed by atoms with Crippen LogP contribution in [0.5, 0.6) is 5.75 Å². The molecule has 0 aliphatic carbocycles. The third-order valence-corrected chi connectivity index (χ3v) is 3.38. The maximum absolute atomic E-state index is 11.6. The van der Waals surface area contributed by atoms with Crippen molar-refractivity contribution >= 4 is 28.6 Å². The van der Waals surface area contributed by atoms with E-state index in [2.05, 4.69) is 25.4 Å². The maximum Gasteiger partial charge on any atom is 0.413 e. The molecule has 3 N–H and O–H groups in total. The Kier molecular flexibility index (Phi) is 3.57. The highest BCUT2D eigenvalue weighted by molar-refractivity contribution is 5.98. The van der Waals surface area contributed by atoms with Crippen LogP contribution >= 0.6 is 0 Å². The van der Waals surface area contributed by atoms with Crippen molar-refractivity contribution in [3.8, 4) is 5.75 Å². The van der Waals surface area contributed by atoms with Gasteiger partial charge in [0.15, 0.2) is 5.75 Å². The molecule has 8 nitrogen and oxygen atoms in total. The molecule has 0 saturated heterocycles. The van der Waals surface area contributed by atoms with Crippen LogP contribution in [0.3, 0.4) is 0 Å². The molecule has 3 rings (SSSR count). The molecule has 0 atom stereocenters. The molecule has 2 aromatic carbocycles. The number of ether oxygens (including phenoxy) is 3. The third kappa shape index (κ3) is 2.66. The molecule has 0 saturated carbocycles. The Bertz CT molecular complexity index is 759. The zero-order chi connectivity index (χ0) is 16.4. The number of methoxy groups -OCH3 is 2. The Hall–Kier alpha value is -3.16. The lowest BCUT2D eigenvalue weighted by Crippen LogP contribution is -2.67. The molecule has 0 aromatic heterocycles. The van der Waals surface area contributed by atoms with Crippen LogP contribution in [0.2, 0.25) is 0 Å². The summed E-state index contributed by atoms with van der Waals surface area (Å²) in [6, 6.07) is 11.3. The van der Waals surface area contributed by atoms with E-state index in [9.17, 15) is 9.59 Å². The highest BCUT2D eigenvalue weighted by Gasteiger charge is 2.44. The first kappa shape index (κ1) is 14.8. The molecule has 0 bridgehead atoms. The Balaban J connectivity index is 2.01. The average Bonchev–Trinajstić information content (AvgIpc) is 2.92. The Morgan fingerprint density at radius 2 is 1.70 bits per heavy atom. The standard InChI is InChI=1S/C15H15N3O5/c1-21-13(19)17-15(18-14(20)22-2)16-12-10-6-4-3-5-9(10)7-8-11(12)23-15/h3-8,16H,1-2H3,(H,17,19)(H,18,20). The van der Waals surface area contributed by atoms with Gasteiger partial charge in [0.05, 0.1) is 19.9 Å². The van der Waals surface area contributed by atoms with Gasteiger partial charge >= 0.3 is 18.2 Å². The van der Waals surface area contributed by atoms with Crippen molar-refractivity contribution in [3.63, 3.8) is 0 Å². The van der Waals surface area contributed by atoms with Crippen LogP contribution in [0.25, 0.3) is 10.8 Å². The van der Waals surface area contributed by atoms with Crippen LogP contribution in [0, 0.1) is 0 Å². The number of alkyl carbamates (subject to hydrolysis) is 2. The summed E-state index contributed by atoms with van der Waals surface area (Å²) in [6.45, 7) is 0. The van der Waals surface area contributed by atoms with Crippen molar-refractivity contribution in [2.24, 2.45) is 0 Å². The minimum atomic E-state index is -1.70. The number of carbonyl (C=O) groups is 2. The maximum atomic E-state index is 11.6. The fourth-order valence-corrected chi connectivity index (χ4v) is 2.37. The number of anilines is 1. The van der Waals surface area contributed by atoms with Crippen LogP contribution in [0.15, 0.2) is 36.4 Å². The van der Waals surface area contributed by atoms with Crippen LogP contribution in [-0.2, 0) is 9.47 Å². The number of hydrogen-bond donors (Lipinski definition) is 3. The molecular weight excluding hydrogens is 302 g/mol. The number of rotatable bonds is 2. The van der Waals surface area contributed by atoms with E-state index in [0.29, 0.717) is 11.4 Å². The van der Waals surface area contributed by atoms with Crippen LogP contribution in [-0.4, -0.2) is 32.4 Å². The monoisotopic (exact) mass is 317 g/mol. The summed E-state index contributed by atoms with van der Waals surface area (Å²) in [5.41, 5.74) is 0.635. The summed E-state index contributed by atoms with van der Waals surface area (Å²) in [7, 11) is 2.41. The lowest BCUT2D eigenvalue weighted by atomic mass is 10.1. The second-order valence-corrected chi connectivity index (χ2v) is 4.80. The molecule has 0 fully saturated rings. The Morgan fingerprint density at radius 1 is 1.04 bits per heavy atom.